The van der Waals surface area contributed by atoms with Crippen LogP contribution in [0.5, 0.6) is 0 Å². The van der Waals surface area contributed by atoms with Crippen LogP contribution in [0.4, 0.5) is 5.13 Å². The van der Waals surface area contributed by atoms with E-state index in [9.17, 15) is 0 Å². The van der Waals surface area contributed by atoms with Crippen molar-refractivity contribution in [3.8, 4) is 10.8 Å². The molecule has 0 atom stereocenters. The summed E-state index contributed by atoms with van der Waals surface area (Å²) in [6.45, 7) is 2.96. The van der Waals surface area contributed by atoms with Crippen LogP contribution >= 0.6 is 22.7 Å². The number of nitrogens with one attached hydrogen (secondary N) is 1. The predicted molar refractivity (Wildman–Crippen MR) is 94.0 cm³/mol. The Hall–Kier alpha value is -1.70. The first-order valence-corrected chi connectivity index (χ1v) is 9.50. The van der Waals surface area contributed by atoms with Crippen LogP contribution in [0.15, 0.2) is 39.8 Å². The summed E-state index contributed by atoms with van der Waals surface area (Å²) >= 11 is 3.35. The lowest BCUT2D eigenvalue weighted by molar-refractivity contribution is 0.412. The van der Waals surface area contributed by atoms with Crippen LogP contribution in [0.1, 0.15) is 18.5 Å². The molecule has 0 spiro atoms. The van der Waals surface area contributed by atoms with E-state index < -0.39 is 0 Å². The summed E-state index contributed by atoms with van der Waals surface area (Å²) in [6, 6.07) is 4.40. The minimum Gasteiger partial charge on any atom is -0.462 e. The number of nitrogens with zero attached hydrogens (tertiary/aromatic N) is 3. The van der Waals surface area contributed by atoms with Crippen molar-refractivity contribution in [2.75, 3.05) is 18.0 Å². The van der Waals surface area contributed by atoms with E-state index in [1.807, 2.05) is 23.7 Å². The molecule has 1 aliphatic rings. The molecule has 0 amide bonds. The molecule has 1 N–H and O–H groups in total. The Balaban J connectivity index is 1.27. The fraction of sp³-hybridized carbons (Fsp3) is 0.375. The third kappa shape index (κ3) is 3.46. The zero-order chi connectivity index (χ0) is 15.5. The Morgan fingerprint density at radius 3 is 2.96 bits per heavy atom. The average molecular weight is 346 g/mol. The maximum atomic E-state index is 5.39. The smallest absolute Gasteiger partial charge is 0.185 e. The number of thiazole rings is 2. The fourth-order valence-corrected chi connectivity index (χ4v) is 4.28. The van der Waals surface area contributed by atoms with Crippen molar-refractivity contribution in [1.29, 1.82) is 0 Å². The van der Waals surface area contributed by atoms with Gasteiger partial charge >= 0.3 is 0 Å². The first-order valence-electron chi connectivity index (χ1n) is 7.74. The maximum Gasteiger partial charge on any atom is 0.185 e. The molecule has 3 aromatic heterocycles. The van der Waals surface area contributed by atoms with Crippen LogP contribution in [0.25, 0.3) is 10.8 Å². The van der Waals surface area contributed by atoms with Crippen LogP contribution in [0, 0.1) is 0 Å². The minimum absolute atomic E-state index is 0.556. The van der Waals surface area contributed by atoms with Crippen LogP contribution in [-0.4, -0.2) is 29.1 Å². The minimum atomic E-state index is 0.556. The molecule has 0 unspecified atom stereocenters. The Labute approximate surface area is 143 Å². The molecule has 7 heteroatoms. The number of hydrogen-bond donors (Lipinski definition) is 1. The van der Waals surface area contributed by atoms with E-state index in [4.69, 9.17) is 4.42 Å². The third-order valence-electron chi connectivity index (χ3n) is 4.04. The van der Waals surface area contributed by atoms with Gasteiger partial charge < -0.3 is 14.6 Å². The van der Waals surface area contributed by atoms with Crippen LogP contribution in [-0.2, 0) is 6.54 Å². The van der Waals surface area contributed by atoms with Gasteiger partial charge in [-0.3, -0.25) is 0 Å². The largest absolute Gasteiger partial charge is 0.462 e. The van der Waals surface area contributed by atoms with Crippen molar-refractivity contribution >= 4 is 27.8 Å². The van der Waals surface area contributed by atoms with E-state index >= 15 is 0 Å². The molecular weight excluding hydrogens is 328 g/mol. The van der Waals surface area contributed by atoms with Crippen LogP contribution < -0.4 is 10.2 Å². The molecule has 3 aromatic rings. The van der Waals surface area contributed by atoms with Gasteiger partial charge in [0.25, 0.3) is 0 Å². The zero-order valence-corrected chi connectivity index (χ0v) is 14.3. The molecule has 0 aliphatic carbocycles. The highest BCUT2D eigenvalue weighted by Gasteiger charge is 2.20. The van der Waals surface area contributed by atoms with Crippen molar-refractivity contribution in [2.24, 2.45) is 0 Å². The number of aromatic nitrogens is 2. The second-order valence-electron chi connectivity index (χ2n) is 5.58. The molecule has 0 saturated carbocycles. The molecule has 0 radical (unpaired) electrons. The highest BCUT2D eigenvalue weighted by atomic mass is 32.1. The summed E-state index contributed by atoms with van der Waals surface area (Å²) in [7, 11) is 0. The van der Waals surface area contributed by atoms with Crippen LogP contribution in [0.2, 0.25) is 0 Å². The van der Waals surface area contributed by atoms with Crippen LogP contribution in [0.3, 0.4) is 0 Å². The highest BCUT2D eigenvalue weighted by Crippen LogP contribution is 2.25. The quantitative estimate of drug-likeness (QED) is 0.765. The van der Waals surface area contributed by atoms with E-state index in [1.165, 1.54) is 0 Å². The lowest BCUT2D eigenvalue weighted by atomic mass is 10.1. The van der Waals surface area contributed by atoms with E-state index in [-0.39, 0.29) is 0 Å². The normalized spacial score (nSPS) is 16.1. The number of anilines is 1. The summed E-state index contributed by atoms with van der Waals surface area (Å²) in [5, 5.41) is 9.87. The van der Waals surface area contributed by atoms with Gasteiger partial charge in [0.2, 0.25) is 0 Å². The van der Waals surface area contributed by atoms with Gasteiger partial charge in [0, 0.05) is 42.6 Å². The van der Waals surface area contributed by atoms with Gasteiger partial charge in [-0.25, -0.2) is 9.97 Å². The molecule has 0 aromatic carbocycles. The van der Waals surface area contributed by atoms with Crippen molar-refractivity contribution in [3.05, 3.63) is 41.0 Å². The van der Waals surface area contributed by atoms with Gasteiger partial charge in [-0.2, -0.15) is 0 Å². The Morgan fingerprint density at radius 1 is 1.30 bits per heavy atom. The highest BCUT2D eigenvalue weighted by molar-refractivity contribution is 7.13. The summed E-state index contributed by atoms with van der Waals surface area (Å²) in [5.41, 5.74) is 1.09. The SMILES string of the molecule is c1coc(-c2nc(CNC3CCN(c4nccs4)CC3)cs2)c1. The number of rotatable bonds is 5. The summed E-state index contributed by atoms with van der Waals surface area (Å²) in [6.07, 6.45) is 5.86. The lowest BCUT2D eigenvalue weighted by Crippen LogP contribution is -2.42. The van der Waals surface area contributed by atoms with Crippen molar-refractivity contribution < 1.29 is 4.42 Å². The topological polar surface area (TPSA) is 54.2 Å². The Bertz CT molecular complexity index is 715. The fourth-order valence-electron chi connectivity index (χ4n) is 2.80. The van der Waals surface area contributed by atoms with E-state index in [0.717, 1.165) is 54.1 Å². The molecule has 0 bridgehead atoms. The van der Waals surface area contributed by atoms with Gasteiger partial charge in [0.05, 0.1) is 12.0 Å². The standard InChI is InChI=1S/C16H18N4OS2/c1-2-14(21-8-1)15-19-13(11-23-15)10-18-12-3-6-20(7-4-12)16-17-5-9-22-16/h1-2,5,8-9,11-12,18H,3-4,6-7,10H2. The van der Waals surface area contributed by atoms with E-state index in [2.05, 4.69) is 25.6 Å². The molecule has 1 saturated heterocycles. The van der Waals surface area contributed by atoms with Gasteiger partial charge in [-0.15, -0.1) is 22.7 Å². The summed E-state index contributed by atoms with van der Waals surface area (Å²) in [4.78, 5) is 11.4. The van der Waals surface area contributed by atoms with Gasteiger partial charge in [0.15, 0.2) is 15.9 Å². The molecule has 23 heavy (non-hydrogen) atoms. The molecule has 4 rings (SSSR count). The molecule has 120 valence electrons. The Morgan fingerprint density at radius 2 is 2.22 bits per heavy atom. The maximum absolute atomic E-state index is 5.39. The molecule has 5 nitrogen and oxygen atoms in total. The molecular formula is C16H18N4OS2. The molecule has 1 aliphatic heterocycles. The van der Waals surface area contributed by atoms with Gasteiger partial charge in [0.1, 0.15) is 0 Å². The number of piperidine rings is 1. The predicted octanol–water partition coefficient (Wildman–Crippen LogP) is 3.62. The third-order valence-corrected chi connectivity index (χ3v) is 5.78. The second-order valence-corrected chi connectivity index (χ2v) is 7.31. The lowest BCUT2D eigenvalue weighted by Gasteiger charge is -2.32. The van der Waals surface area contributed by atoms with Crippen molar-refractivity contribution in [3.63, 3.8) is 0 Å². The Kier molecular flexibility index (Phi) is 4.41. The monoisotopic (exact) mass is 346 g/mol. The first-order chi connectivity index (χ1) is 11.4. The van der Waals surface area contributed by atoms with E-state index in [1.54, 1.807) is 28.9 Å². The van der Waals surface area contributed by atoms with Gasteiger partial charge in [-0.05, 0) is 25.0 Å². The van der Waals surface area contributed by atoms with Crippen molar-refractivity contribution in [2.45, 2.75) is 25.4 Å². The number of furan rings is 1. The van der Waals surface area contributed by atoms with E-state index in [0.29, 0.717) is 6.04 Å². The first kappa shape index (κ1) is 14.9. The van der Waals surface area contributed by atoms with Crippen molar-refractivity contribution in [1.82, 2.24) is 15.3 Å². The molecule has 4 heterocycles. The average Bonchev–Trinajstić information content (AvgIpc) is 3.35. The van der Waals surface area contributed by atoms with Gasteiger partial charge in [-0.1, -0.05) is 0 Å². The number of hydrogen-bond acceptors (Lipinski definition) is 7. The second kappa shape index (κ2) is 6.82. The summed E-state index contributed by atoms with van der Waals surface area (Å²) < 4.78 is 5.39. The molecule has 1 fully saturated rings. The zero-order valence-electron chi connectivity index (χ0n) is 12.6. The summed E-state index contributed by atoms with van der Waals surface area (Å²) in [5.74, 6) is 0.845.